The Hall–Kier alpha value is -4.15. The molecule has 1 saturated heterocycles. The molecule has 0 saturated carbocycles. The molecule has 3 N–H and O–H groups in total. The Bertz CT molecular complexity index is 1580. The number of hydrogen-bond donors (Lipinski definition) is 3. The number of nitrogens with one attached hydrogen (secondary N) is 2. The summed E-state index contributed by atoms with van der Waals surface area (Å²) >= 11 is 0. The molecule has 4 aromatic rings. The van der Waals surface area contributed by atoms with E-state index in [1.807, 2.05) is 48.5 Å². The van der Waals surface area contributed by atoms with Gasteiger partial charge in [0.25, 0.3) is 5.91 Å². The van der Waals surface area contributed by atoms with Crippen LogP contribution in [-0.2, 0) is 14.8 Å². The fraction of sp³-hybridized carbons (Fsp3) is 0.214. The van der Waals surface area contributed by atoms with Crippen LogP contribution in [0.4, 0.5) is 0 Å². The lowest BCUT2D eigenvalue weighted by Crippen LogP contribution is -2.54. The SMILES string of the molecule is COc1ccc(-c2ccc(S(=O)(=O)N3CC[C@@H](NC(=O)c4c[nH]c5ccccc45)C[C@@H]3C(=O)O)cc2)cc1. The first-order chi connectivity index (χ1) is 18.3. The molecule has 5 rings (SSSR count). The molecule has 3 aromatic carbocycles. The molecule has 0 unspecified atom stereocenters. The second-order valence-corrected chi connectivity index (χ2v) is 11.1. The number of H-pyrrole nitrogens is 1. The number of ether oxygens (including phenoxy) is 1. The van der Waals surface area contributed by atoms with Crippen LogP contribution in [0.25, 0.3) is 22.0 Å². The van der Waals surface area contributed by atoms with Crippen molar-refractivity contribution in [3.8, 4) is 16.9 Å². The number of nitrogens with zero attached hydrogens (tertiary/aromatic N) is 1. The third-order valence-corrected chi connectivity index (χ3v) is 8.81. The molecule has 38 heavy (non-hydrogen) atoms. The number of rotatable bonds is 7. The van der Waals surface area contributed by atoms with Gasteiger partial charge in [-0.25, -0.2) is 8.42 Å². The highest BCUT2D eigenvalue weighted by Crippen LogP contribution is 2.29. The maximum atomic E-state index is 13.5. The van der Waals surface area contributed by atoms with Crippen molar-refractivity contribution in [2.24, 2.45) is 0 Å². The second-order valence-electron chi connectivity index (χ2n) is 9.17. The van der Waals surface area contributed by atoms with E-state index in [0.29, 0.717) is 17.7 Å². The van der Waals surface area contributed by atoms with Gasteiger partial charge in [-0.15, -0.1) is 0 Å². The van der Waals surface area contributed by atoms with Gasteiger partial charge in [-0.1, -0.05) is 42.5 Å². The minimum Gasteiger partial charge on any atom is -0.497 e. The molecule has 0 aliphatic carbocycles. The van der Waals surface area contributed by atoms with Gasteiger partial charge in [0, 0.05) is 29.7 Å². The van der Waals surface area contributed by atoms with Gasteiger partial charge in [-0.2, -0.15) is 4.31 Å². The van der Waals surface area contributed by atoms with Crippen molar-refractivity contribution in [3.05, 3.63) is 84.6 Å². The summed E-state index contributed by atoms with van der Waals surface area (Å²) in [6, 6.07) is 19.3. The van der Waals surface area contributed by atoms with E-state index in [1.165, 1.54) is 12.1 Å². The molecule has 1 aromatic heterocycles. The zero-order chi connectivity index (χ0) is 26.9. The number of carbonyl (C=O) groups is 2. The lowest BCUT2D eigenvalue weighted by molar-refractivity contribution is -0.142. The number of aliphatic carboxylic acids is 1. The molecule has 1 aliphatic rings. The largest absolute Gasteiger partial charge is 0.497 e. The molecule has 10 heteroatoms. The van der Waals surface area contributed by atoms with Gasteiger partial charge in [-0.05, 0) is 54.3 Å². The van der Waals surface area contributed by atoms with Crippen LogP contribution < -0.4 is 10.1 Å². The van der Waals surface area contributed by atoms with E-state index < -0.39 is 28.1 Å². The number of carbonyl (C=O) groups excluding carboxylic acids is 1. The predicted molar refractivity (Wildman–Crippen MR) is 143 cm³/mol. The highest BCUT2D eigenvalue weighted by molar-refractivity contribution is 7.89. The number of sulfonamides is 1. The Labute approximate surface area is 220 Å². The molecule has 0 bridgehead atoms. The first-order valence-electron chi connectivity index (χ1n) is 12.1. The van der Waals surface area contributed by atoms with Crippen LogP contribution in [0.1, 0.15) is 23.2 Å². The highest BCUT2D eigenvalue weighted by atomic mass is 32.2. The predicted octanol–water partition coefficient (Wildman–Crippen LogP) is 3.88. The summed E-state index contributed by atoms with van der Waals surface area (Å²) in [5.41, 5.74) is 2.99. The van der Waals surface area contributed by atoms with Crippen molar-refractivity contribution in [2.45, 2.75) is 29.8 Å². The van der Waals surface area contributed by atoms with Crippen molar-refractivity contribution in [1.82, 2.24) is 14.6 Å². The minimum absolute atomic E-state index is 0.0160. The molecule has 2 heterocycles. The number of fused-ring (bicyclic) bond motifs is 1. The Morgan fingerprint density at radius 1 is 1.00 bits per heavy atom. The number of piperidine rings is 1. The molecular formula is C28H27N3O6S. The molecule has 9 nitrogen and oxygen atoms in total. The van der Waals surface area contributed by atoms with E-state index in [0.717, 1.165) is 26.3 Å². The Morgan fingerprint density at radius 2 is 1.66 bits per heavy atom. The first-order valence-corrected chi connectivity index (χ1v) is 13.6. The monoisotopic (exact) mass is 533 g/mol. The van der Waals surface area contributed by atoms with Gasteiger partial charge < -0.3 is 20.1 Å². The standard InChI is InChI=1S/C28H27N3O6S/c1-37-21-10-6-18(7-11-21)19-8-12-22(13-9-19)38(35,36)31-15-14-20(16-26(31)28(33)34)30-27(32)24-17-29-25-5-3-2-4-23(24)25/h2-13,17,20,26,29H,14-16H2,1H3,(H,30,32)(H,33,34)/t20-,26-/m1/s1. The Morgan fingerprint density at radius 3 is 2.32 bits per heavy atom. The molecule has 2 atom stereocenters. The van der Waals surface area contributed by atoms with E-state index >= 15 is 0 Å². The molecule has 1 fully saturated rings. The van der Waals surface area contributed by atoms with Crippen LogP contribution in [0.3, 0.4) is 0 Å². The fourth-order valence-corrected chi connectivity index (χ4v) is 6.46. The van der Waals surface area contributed by atoms with E-state index in [2.05, 4.69) is 10.3 Å². The summed E-state index contributed by atoms with van der Waals surface area (Å²) in [5, 5.41) is 13.6. The third-order valence-electron chi connectivity index (χ3n) is 6.89. The van der Waals surface area contributed by atoms with Gasteiger partial charge in [0.2, 0.25) is 10.0 Å². The number of aromatic amines is 1. The van der Waals surface area contributed by atoms with Crippen LogP contribution in [0, 0.1) is 0 Å². The summed E-state index contributed by atoms with van der Waals surface area (Å²) in [6.45, 7) is -0.0294. The second kappa shape index (κ2) is 10.3. The number of carboxylic acid groups (broad SMARTS) is 1. The van der Waals surface area contributed by atoms with E-state index in [-0.39, 0.29) is 23.8 Å². The molecule has 0 spiro atoms. The number of aromatic nitrogens is 1. The smallest absolute Gasteiger partial charge is 0.322 e. The van der Waals surface area contributed by atoms with Crippen LogP contribution in [-0.4, -0.2) is 60.4 Å². The molecule has 1 aliphatic heterocycles. The van der Waals surface area contributed by atoms with Crippen molar-refractivity contribution >= 4 is 32.8 Å². The number of para-hydroxylation sites is 1. The van der Waals surface area contributed by atoms with Crippen molar-refractivity contribution in [1.29, 1.82) is 0 Å². The summed E-state index contributed by atoms with van der Waals surface area (Å²) in [5.74, 6) is -0.870. The van der Waals surface area contributed by atoms with Gasteiger partial charge in [-0.3, -0.25) is 9.59 Å². The Kier molecular flexibility index (Phi) is 6.92. The number of amides is 1. The van der Waals surface area contributed by atoms with Crippen LogP contribution >= 0.6 is 0 Å². The zero-order valence-corrected chi connectivity index (χ0v) is 21.4. The lowest BCUT2D eigenvalue weighted by atomic mass is 9.99. The zero-order valence-electron chi connectivity index (χ0n) is 20.6. The van der Waals surface area contributed by atoms with Gasteiger partial charge in [0.1, 0.15) is 11.8 Å². The first kappa shape index (κ1) is 25.5. The number of hydrogen-bond acceptors (Lipinski definition) is 5. The summed E-state index contributed by atoms with van der Waals surface area (Å²) in [6.07, 6.45) is 1.87. The Balaban J connectivity index is 1.31. The van der Waals surface area contributed by atoms with E-state index in [9.17, 15) is 23.1 Å². The average Bonchev–Trinajstić information content (AvgIpc) is 3.37. The molecule has 196 valence electrons. The van der Waals surface area contributed by atoms with E-state index in [4.69, 9.17) is 4.74 Å². The maximum Gasteiger partial charge on any atom is 0.322 e. The van der Waals surface area contributed by atoms with Crippen LogP contribution in [0.2, 0.25) is 0 Å². The maximum absolute atomic E-state index is 13.5. The fourth-order valence-electron chi connectivity index (χ4n) is 4.85. The summed E-state index contributed by atoms with van der Waals surface area (Å²) in [4.78, 5) is 28.1. The highest BCUT2D eigenvalue weighted by Gasteiger charge is 2.41. The molecule has 0 radical (unpaired) electrons. The number of carboxylic acids is 1. The number of methoxy groups -OCH3 is 1. The van der Waals surface area contributed by atoms with Crippen molar-refractivity contribution in [3.63, 3.8) is 0 Å². The molecular weight excluding hydrogens is 506 g/mol. The van der Waals surface area contributed by atoms with Gasteiger partial charge in [0.05, 0.1) is 17.6 Å². The third kappa shape index (κ3) is 4.88. The van der Waals surface area contributed by atoms with Crippen LogP contribution in [0.15, 0.2) is 83.9 Å². The van der Waals surface area contributed by atoms with E-state index in [1.54, 1.807) is 25.4 Å². The average molecular weight is 534 g/mol. The normalized spacial score (nSPS) is 18.2. The van der Waals surface area contributed by atoms with Crippen molar-refractivity contribution in [2.75, 3.05) is 13.7 Å². The van der Waals surface area contributed by atoms with Crippen molar-refractivity contribution < 1.29 is 27.9 Å². The molecule has 1 amide bonds. The minimum atomic E-state index is -4.07. The number of benzene rings is 3. The van der Waals surface area contributed by atoms with Crippen LogP contribution in [0.5, 0.6) is 5.75 Å². The van der Waals surface area contributed by atoms with Gasteiger partial charge >= 0.3 is 5.97 Å². The summed E-state index contributed by atoms with van der Waals surface area (Å²) < 4.78 is 33.1. The lowest BCUT2D eigenvalue weighted by Gasteiger charge is -2.36. The topological polar surface area (TPSA) is 129 Å². The van der Waals surface area contributed by atoms with Gasteiger partial charge in [0.15, 0.2) is 0 Å². The quantitative estimate of drug-likeness (QED) is 0.331. The summed E-state index contributed by atoms with van der Waals surface area (Å²) in [7, 11) is -2.49.